The van der Waals surface area contributed by atoms with Crippen molar-refractivity contribution in [1.82, 2.24) is 25.4 Å². The maximum absolute atomic E-state index is 13.1. The van der Waals surface area contributed by atoms with Gasteiger partial charge in [-0.15, -0.1) is 20.4 Å². The Balaban J connectivity index is 1.17. The summed E-state index contributed by atoms with van der Waals surface area (Å²) < 4.78 is 26.2. The van der Waals surface area contributed by atoms with Crippen molar-refractivity contribution in [2.75, 3.05) is 29.0 Å². The van der Waals surface area contributed by atoms with E-state index in [0.29, 0.717) is 27.7 Å². The Morgan fingerprint density at radius 2 is 1.85 bits per heavy atom. The first-order chi connectivity index (χ1) is 15.8. The maximum Gasteiger partial charge on any atom is 0.282 e. The highest BCUT2D eigenvalue weighted by Gasteiger charge is 2.44. The summed E-state index contributed by atoms with van der Waals surface area (Å²) in [6.45, 7) is -0.699. The van der Waals surface area contributed by atoms with Gasteiger partial charge in [-0.2, -0.15) is 0 Å². The summed E-state index contributed by atoms with van der Waals surface area (Å²) in [6.07, 6.45) is 4.05. The number of carbonyl (C=O) groups excluding carboxylic acids is 1. The normalized spacial score (nSPS) is 22.1. The number of nitrogens with one attached hydrogen (secondary N) is 1. The Hall–Kier alpha value is -2.80. The number of halogens is 2. The minimum atomic E-state index is -2.67. The van der Waals surface area contributed by atoms with Crippen molar-refractivity contribution in [3.8, 4) is 0 Å². The minimum absolute atomic E-state index is 0.0248. The van der Waals surface area contributed by atoms with Gasteiger partial charge >= 0.3 is 0 Å². The van der Waals surface area contributed by atoms with Gasteiger partial charge < -0.3 is 16.0 Å². The predicted molar refractivity (Wildman–Crippen MR) is 122 cm³/mol. The average molecular weight is 493 g/mol. The van der Waals surface area contributed by atoms with Gasteiger partial charge in [0.05, 0.1) is 25.2 Å². The number of nitrogen functional groups attached to an aromatic ring is 1. The number of nitrogens with two attached hydrogens (primary N) is 1. The number of carbonyl (C=O) groups is 1. The van der Waals surface area contributed by atoms with Gasteiger partial charge in [-0.1, -0.05) is 35.2 Å². The Labute approximate surface area is 196 Å². The van der Waals surface area contributed by atoms with Crippen LogP contribution < -0.4 is 16.0 Å². The van der Waals surface area contributed by atoms with Crippen LogP contribution >= 0.6 is 22.7 Å². The standard InChI is InChI=1S/C20H22F2N8OS2/c21-20(22)9-30(10-20)14-6-2-5-13(24-14)8-15(31)25-19-29-27-17(33-19)12-4-1-3-11(7-12)16-26-28-18(23)32-16/h2,5-6,11-12H,1,3-4,7-10H2,(H2,23,28)(H,25,29,31)/t11-,12-/m0/s1. The average Bonchev–Trinajstić information content (AvgIpc) is 3.41. The number of anilines is 3. The SMILES string of the molecule is Nc1nnc([C@H]2CCC[C@H](c3nnc(NC(=O)Cc4cccc(N5CC(F)(F)C5)n4)s3)C2)s1. The van der Waals surface area contributed by atoms with Gasteiger partial charge in [0, 0.05) is 11.8 Å². The quantitative estimate of drug-likeness (QED) is 0.536. The van der Waals surface area contributed by atoms with Crippen molar-refractivity contribution in [2.45, 2.75) is 49.9 Å². The zero-order valence-electron chi connectivity index (χ0n) is 17.6. The minimum Gasteiger partial charge on any atom is -0.374 e. The van der Waals surface area contributed by atoms with Crippen LogP contribution in [0, 0.1) is 0 Å². The topological polar surface area (TPSA) is 123 Å². The molecule has 3 N–H and O–H groups in total. The molecule has 3 aromatic rings. The molecule has 1 amide bonds. The van der Waals surface area contributed by atoms with Gasteiger partial charge in [0.2, 0.25) is 16.2 Å². The molecule has 5 rings (SSSR count). The highest BCUT2D eigenvalue weighted by molar-refractivity contribution is 7.15. The smallest absolute Gasteiger partial charge is 0.282 e. The molecule has 0 bridgehead atoms. The van der Waals surface area contributed by atoms with Crippen molar-refractivity contribution < 1.29 is 13.6 Å². The van der Waals surface area contributed by atoms with E-state index >= 15 is 0 Å². The van der Waals surface area contributed by atoms with E-state index in [4.69, 9.17) is 5.73 Å². The molecule has 9 nitrogen and oxygen atoms in total. The van der Waals surface area contributed by atoms with Crippen molar-refractivity contribution in [3.05, 3.63) is 33.9 Å². The van der Waals surface area contributed by atoms with Crippen LogP contribution in [0.1, 0.15) is 53.2 Å². The molecule has 3 aromatic heterocycles. The first-order valence-electron chi connectivity index (χ1n) is 10.7. The second kappa shape index (κ2) is 8.86. The number of amides is 1. The fraction of sp³-hybridized carbons (Fsp3) is 0.500. The fourth-order valence-corrected chi connectivity index (χ4v) is 5.91. The number of aromatic nitrogens is 5. The fourth-order valence-electron chi connectivity index (χ4n) is 4.24. The second-order valence-electron chi connectivity index (χ2n) is 8.41. The van der Waals surface area contributed by atoms with E-state index in [1.54, 1.807) is 18.2 Å². The molecule has 0 radical (unpaired) electrons. The van der Waals surface area contributed by atoms with Gasteiger partial charge in [-0.3, -0.25) is 4.79 Å². The molecule has 13 heteroatoms. The van der Waals surface area contributed by atoms with Crippen LogP contribution in [-0.4, -0.2) is 50.3 Å². The molecular weight excluding hydrogens is 470 g/mol. The third-order valence-electron chi connectivity index (χ3n) is 5.82. The molecule has 0 unspecified atom stereocenters. The van der Waals surface area contributed by atoms with Gasteiger partial charge in [-0.05, 0) is 31.4 Å². The summed E-state index contributed by atoms with van der Waals surface area (Å²) in [4.78, 5) is 18.3. The first kappa shape index (κ1) is 22.0. The molecule has 1 aliphatic carbocycles. The van der Waals surface area contributed by atoms with E-state index in [0.717, 1.165) is 35.7 Å². The summed E-state index contributed by atoms with van der Waals surface area (Å²) >= 11 is 2.81. The predicted octanol–water partition coefficient (Wildman–Crippen LogP) is 3.44. The number of nitrogens with zero attached hydrogens (tertiary/aromatic N) is 6. The van der Waals surface area contributed by atoms with Gasteiger partial charge in [0.25, 0.3) is 5.92 Å². The zero-order valence-corrected chi connectivity index (χ0v) is 19.2. The van der Waals surface area contributed by atoms with E-state index in [9.17, 15) is 13.6 Å². The third-order valence-corrected chi connectivity index (χ3v) is 7.73. The zero-order chi connectivity index (χ0) is 23.0. The number of alkyl halides is 2. The van der Waals surface area contributed by atoms with Gasteiger partial charge in [-0.25, -0.2) is 13.8 Å². The highest BCUT2D eigenvalue weighted by atomic mass is 32.1. The van der Waals surface area contributed by atoms with Crippen LogP contribution in [0.25, 0.3) is 0 Å². The molecule has 1 saturated heterocycles. The van der Waals surface area contributed by atoms with E-state index in [-0.39, 0.29) is 31.3 Å². The van der Waals surface area contributed by atoms with Crippen LogP contribution in [0.5, 0.6) is 0 Å². The van der Waals surface area contributed by atoms with Crippen molar-refractivity contribution in [3.63, 3.8) is 0 Å². The molecule has 1 saturated carbocycles. The number of pyridine rings is 1. The monoisotopic (exact) mass is 492 g/mol. The van der Waals surface area contributed by atoms with Crippen LogP contribution in [0.15, 0.2) is 18.2 Å². The lowest BCUT2D eigenvalue weighted by Gasteiger charge is -2.39. The van der Waals surface area contributed by atoms with E-state index in [1.807, 2.05) is 0 Å². The summed E-state index contributed by atoms with van der Waals surface area (Å²) in [5, 5.41) is 22.1. The molecular formula is C20H22F2N8OS2. The number of rotatable bonds is 6. The van der Waals surface area contributed by atoms with E-state index < -0.39 is 5.92 Å². The lowest BCUT2D eigenvalue weighted by atomic mass is 9.82. The Kier molecular flexibility index (Phi) is 5.91. The molecule has 174 valence electrons. The van der Waals surface area contributed by atoms with E-state index in [2.05, 4.69) is 30.7 Å². The van der Waals surface area contributed by atoms with Crippen LogP contribution in [0.3, 0.4) is 0 Å². The lowest BCUT2D eigenvalue weighted by Crippen LogP contribution is -2.56. The summed E-state index contributed by atoms with van der Waals surface area (Å²) in [6, 6.07) is 5.09. The molecule has 2 fully saturated rings. The lowest BCUT2D eigenvalue weighted by molar-refractivity contribution is -0.115. The van der Waals surface area contributed by atoms with Gasteiger partial charge in [0.15, 0.2) is 0 Å². The maximum atomic E-state index is 13.1. The van der Waals surface area contributed by atoms with Crippen LogP contribution in [0.2, 0.25) is 0 Å². The largest absolute Gasteiger partial charge is 0.374 e. The number of hydrogen-bond donors (Lipinski definition) is 2. The summed E-state index contributed by atoms with van der Waals surface area (Å²) in [5.41, 5.74) is 6.24. The van der Waals surface area contributed by atoms with E-state index in [1.165, 1.54) is 27.6 Å². The van der Waals surface area contributed by atoms with Crippen molar-refractivity contribution in [1.29, 1.82) is 0 Å². The van der Waals surface area contributed by atoms with Crippen molar-refractivity contribution in [2.24, 2.45) is 0 Å². The highest BCUT2D eigenvalue weighted by Crippen LogP contribution is 2.43. The summed E-state index contributed by atoms with van der Waals surface area (Å²) in [7, 11) is 0. The Morgan fingerprint density at radius 1 is 1.12 bits per heavy atom. The Morgan fingerprint density at radius 3 is 2.55 bits per heavy atom. The Bertz CT molecular complexity index is 1140. The molecule has 0 aromatic carbocycles. The van der Waals surface area contributed by atoms with Crippen LogP contribution in [0.4, 0.5) is 24.9 Å². The van der Waals surface area contributed by atoms with Crippen LogP contribution in [-0.2, 0) is 11.2 Å². The first-order valence-corrected chi connectivity index (χ1v) is 12.3. The molecule has 4 heterocycles. The molecule has 0 spiro atoms. The molecule has 1 aliphatic heterocycles. The second-order valence-corrected chi connectivity index (χ2v) is 10.5. The molecule has 2 aliphatic rings. The third kappa shape index (κ3) is 5.08. The summed E-state index contributed by atoms with van der Waals surface area (Å²) in [5.74, 6) is -1.93. The molecule has 33 heavy (non-hydrogen) atoms. The van der Waals surface area contributed by atoms with Crippen molar-refractivity contribution >= 4 is 44.7 Å². The van der Waals surface area contributed by atoms with Gasteiger partial charge in [0.1, 0.15) is 15.8 Å². The number of hydrogen-bond acceptors (Lipinski definition) is 10. The molecule has 2 atom stereocenters.